The SMILES string of the molecule is Cc1cc(C(O)c2ccc(OC(C)C)cc2)n(C)n1. The highest BCUT2D eigenvalue weighted by Crippen LogP contribution is 2.24. The third-order valence-corrected chi connectivity index (χ3v) is 2.89. The molecule has 0 aliphatic rings. The first kappa shape index (κ1) is 13.6. The van der Waals surface area contributed by atoms with Crippen LogP contribution in [0.15, 0.2) is 30.3 Å². The summed E-state index contributed by atoms with van der Waals surface area (Å²) in [4.78, 5) is 0. The van der Waals surface area contributed by atoms with Gasteiger partial charge in [-0.15, -0.1) is 0 Å². The molecular weight excluding hydrogens is 240 g/mol. The van der Waals surface area contributed by atoms with Gasteiger partial charge in [-0.1, -0.05) is 12.1 Å². The second kappa shape index (κ2) is 5.45. The predicted octanol–water partition coefficient (Wildman–Crippen LogP) is 2.60. The summed E-state index contributed by atoms with van der Waals surface area (Å²) >= 11 is 0. The van der Waals surface area contributed by atoms with Gasteiger partial charge in [-0.05, 0) is 44.5 Å². The molecule has 4 heteroatoms. The Balaban J connectivity index is 2.20. The number of aryl methyl sites for hydroxylation is 2. The molecule has 102 valence electrons. The Bertz CT molecular complexity index is 544. The Labute approximate surface area is 113 Å². The number of hydrogen-bond acceptors (Lipinski definition) is 3. The maximum absolute atomic E-state index is 10.4. The summed E-state index contributed by atoms with van der Waals surface area (Å²) in [5.41, 5.74) is 2.52. The average molecular weight is 260 g/mol. The van der Waals surface area contributed by atoms with Gasteiger partial charge < -0.3 is 9.84 Å². The van der Waals surface area contributed by atoms with Crippen LogP contribution in [-0.4, -0.2) is 21.0 Å². The first-order valence-electron chi connectivity index (χ1n) is 6.42. The van der Waals surface area contributed by atoms with E-state index in [1.165, 1.54) is 0 Å². The molecule has 0 saturated heterocycles. The van der Waals surface area contributed by atoms with Crippen molar-refractivity contribution in [2.45, 2.75) is 33.0 Å². The van der Waals surface area contributed by atoms with E-state index in [1.807, 2.05) is 58.2 Å². The minimum Gasteiger partial charge on any atom is -0.491 e. The Hall–Kier alpha value is -1.81. The Morgan fingerprint density at radius 3 is 2.32 bits per heavy atom. The Morgan fingerprint density at radius 1 is 1.21 bits per heavy atom. The van der Waals surface area contributed by atoms with Gasteiger partial charge in [0.05, 0.1) is 17.5 Å². The van der Waals surface area contributed by atoms with Crippen LogP contribution >= 0.6 is 0 Å². The molecule has 0 radical (unpaired) electrons. The van der Waals surface area contributed by atoms with E-state index in [-0.39, 0.29) is 6.10 Å². The van der Waals surface area contributed by atoms with E-state index in [0.717, 1.165) is 22.7 Å². The molecule has 0 amide bonds. The molecule has 2 rings (SSSR count). The molecule has 0 spiro atoms. The second-order valence-corrected chi connectivity index (χ2v) is 4.97. The van der Waals surface area contributed by atoms with Crippen molar-refractivity contribution in [1.29, 1.82) is 0 Å². The molecule has 0 bridgehead atoms. The molecule has 0 aliphatic carbocycles. The number of ether oxygens (including phenoxy) is 1. The van der Waals surface area contributed by atoms with Gasteiger partial charge in [-0.25, -0.2) is 0 Å². The fraction of sp³-hybridized carbons (Fsp3) is 0.400. The molecule has 19 heavy (non-hydrogen) atoms. The van der Waals surface area contributed by atoms with Crippen molar-refractivity contribution in [3.8, 4) is 5.75 Å². The summed E-state index contributed by atoms with van der Waals surface area (Å²) in [6.45, 7) is 5.89. The van der Waals surface area contributed by atoms with Gasteiger partial charge >= 0.3 is 0 Å². The maximum Gasteiger partial charge on any atom is 0.121 e. The summed E-state index contributed by atoms with van der Waals surface area (Å²) in [5.74, 6) is 0.812. The van der Waals surface area contributed by atoms with E-state index in [0.29, 0.717) is 0 Å². The van der Waals surface area contributed by atoms with Gasteiger partial charge in [0.15, 0.2) is 0 Å². The van der Waals surface area contributed by atoms with Crippen LogP contribution in [0, 0.1) is 6.92 Å². The summed E-state index contributed by atoms with van der Waals surface area (Å²) in [7, 11) is 1.84. The molecule has 4 nitrogen and oxygen atoms in total. The van der Waals surface area contributed by atoms with Crippen molar-refractivity contribution in [2.75, 3.05) is 0 Å². The highest BCUT2D eigenvalue weighted by Gasteiger charge is 2.15. The normalized spacial score (nSPS) is 12.7. The monoisotopic (exact) mass is 260 g/mol. The zero-order valence-electron chi connectivity index (χ0n) is 11.8. The quantitative estimate of drug-likeness (QED) is 0.919. The maximum atomic E-state index is 10.4. The van der Waals surface area contributed by atoms with Crippen LogP contribution in [-0.2, 0) is 7.05 Å². The van der Waals surface area contributed by atoms with Crippen LogP contribution in [0.3, 0.4) is 0 Å². The van der Waals surface area contributed by atoms with Crippen LogP contribution in [0.2, 0.25) is 0 Å². The van der Waals surface area contributed by atoms with Crippen molar-refractivity contribution in [3.05, 3.63) is 47.3 Å². The van der Waals surface area contributed by atoms with Crippen LogP contribution in [0.25, 0.3) is 0 Å². The number of aromatic nitrogens is 2. The highest BCUT2D eigenvalue weighted by molar-refractivity contribution is 5.32. The minimum absolute atomic E-state index is 0.149. The molecule has 1 heterocycles. The van der Waals surface area contributed by atoms with Gasteiger partial charge in [0.2, 0.25) is 0 Å². The van der Waals surface area contributed by atoms with Gasteiger partial charge in [0.1, 0.15) is 11.9 Å². The molecule has 1 aromatic carbocycles. The summed E-state index contributed by atoms with van der Waals surface area (Å²) < 4.78 is 7.29. The molecule has 1 N–H and O–H groups in total. The van der Waals surface area contributed by atoms with E-state index in [1.54, 1.807) is 4.68 Å². The smallest absolute Gasteiger partial charge is 0.121 e. The number of aliphatic hydroxyl groups excluding tert-OH is 1. The Morgan fingerprint density at radius 2 is 1.84 bits per heavy atom. The Kier molecular flexibility index (Phi) is 3.90. The van der Waals surface area contributed by atoms with Crippen molar-refractivity contribution >= 4 is 0 Å². The lowest BCUT2D eigenvalue weighted by Crippen LogP contribution is -2.07. The standard InChI is InChI=1S/C15H20N2O2/c1-10(2)19-13-7-5-12(6-8-13)15(18)14-9-11(3)16-17(14)4/h5-10,15,18H,1-4H3. The highest BCUT2D eigenvalue weighted by atomic mass is 16.5. The number of rotatable bonds is 4. The molecule has 0 saturated carbocycles. The molecule has 1 unspecified atom stereocenters. The van der Waals surface area contributed by atoms with Crippen LogP contribution in [0.1, 0.15) is 36.9 Å². The second-order valence-electron chi connectivity index (χ2n) is 4.97. The van der Waals surface area contributed by atoms with E-state index in [2.05, 4.69) is 5.10 Å². The molecule has 2 aromatic rings. The van der Waals surface area contributed by atoms with Gasteiger partial charge in [-0.2, -0.15) is 5.10 Å². The van der Waals surface area contributed by atoms with Crippen molar-refractivity contribution < 1.29 is 9.84 Å². The molecule has 0 fully saturated rings. The third-order valence-electron chi connectivity index (χ3n) is 2.89. The number of aliphatic hydroxyl groups is 1. The lowest BCUT2D eigenvalue weighted by Gasteiger charge is -2.13. The molecule has 1 atom stereocenters. The van der Waals surface area contributed by atoms with Crippen LogP contribution in [0.4, 0.5) is 0 Å². The van der Waals surface area contributed by atoms with Crippen molar-refractivity contribution in [1.82, 2.24) is 9.78 Å². The zero-order chi connectivity index (χ0) is 14.0. The van der Waals surface area contributed by atoms with E-state index < -0.39 is 6.10 Å². The van der Waals surface area contributed by atoms with Gasteiger partial charge in [-0.3, -0.25) is 4.68 Å². The van der Waals surface area contributed by atoms with Crippen LogP contribution in [0.5, 0.6) is 5.75 Å². The lowest BCUT2D eigenvalue weighted by molar-refractivity contribution is 0.209. The van der Waals surface area contributed by atoms with E-state index in [4.69, 9.17) is 4.74 Å². The molecular formula is C15H20N2O2. The minimum atomic E-state index is -0.667. The predicted molar refractivity (Wildman–Crippen MR) is 74.2 cm³/mol. The van der Waals surface area contributed by atoms with Gasteiger partial charge in [0, 0.05) is 7.05 Å². The fourth-order valence-corrected chi connectivity index (χ4v) is 2.06. The number of hydrogen-bond donors (Lipinski definition) is 1. The zero-order valence-corrected chi connectivity index (χ0v) is 11.8. The largest absolute Gasteiger partial charge is 0.491 e. The number of nitrogens with zero attached hydrogens (tertiary/aromatic N) is 2. The molecule has 0 aliphatic heterocycles. The first-order valence-corrected chi connectivity index (χ1v) is 6.42. The fourth-order valence-electron chi connectivity index (χ4n) is 2.06. The summed E-state index contributed by atoms with van der Waals surface area (Å²) in [6.07, 6.45) is -0.519. The molecule has 1 aromatic heterocycles. The van der Waals surface area contributed by atoms with E-state index >= 15 is 0 Å². The number of benzene rings is 1. The average Bonchev–Trinajstić information content (AvgIpc) is 2.68. The van der Waals surface area contributed by atoms with E-state index in [9.17, 15) is 5.11 Å². The first-order chi connectivity index (χ1) is 8.97. The van der Waals surface area contributed by atoms with Crippen molar-refractivity contribution in [2.24, 2.45) is 7.05 Å². The van der Waals surface area contributed by atoms with Crippen molar-refractivity contribution in [3.63, 3.8) is 0 Å². The van der Waals surface area contributed by atoms with Gasteiger partial charge in [0.25, 0.3) is 0 Å². The topological polar surface area (TPSA) is 47.3 Å². The lowest BCUT2D eigenvalue weighted by atomic mass is 10.1. The van der Waals surface area contributed by atoms with Crippen LogP contribution < -0.4 is 4.74 Å². The summed E-state index contributed by atoms with van der Waals surface area (Å²) in [6, 6.07) is 9.40. The third kappa shape index (κ3) is 3.15. The summed E-state index contributed by atoms with van der Waals surface area (Å²) in [5, 5.41) is 14.6.